The van der Waals surface area contributed by atoms with Crippen molar-refractivity contribution in [3.05, 3.63) is 97.2 Å². The molecular formula is C57H94O6. The van der Waals surface area contributed by atoms with Gasteiger partial charge >= 0.3 is 17.9 Å². The zero-order valence-corrected chi connectivity index (χ0v) is 40.8. The summed E-state index contributed by atoms with van der Waals surface area (Å²) in [5.41, 5.74) is 0. The Balaban J connectivity index is 4.51. The van der Waals surface area contributed by atoms with Crippen LogP contribution in [0.2, 0.25) is 0 Å². The number of hydrogen-bond donors (Lipinski definition) is 0. The molecule has 0 radical (unpaired) electrons. The van der Waals surface area contributed by atoms with E-state index in [1.54, 1.807) is 0 Å². The second kappa shape index (κ2) is 51.0. The summed E-state index contributed by atoms with van der Waals surface area (Å²) in [7, 11) is 0. The first-order valence-electron chi connectivity index (χ1n) is 25.8. The Morgan fingerprint density at radius 2 is 0.698 bits per heavy atom. The maximum atomic E-state index is 12.8. The van der Waals surface area contributed by atoms with Gasteiger partial charge in [-0.3, -0.25) is 14.4 Å². The van der Waals surface area contributed by atoms with Crippen LogP contribution >= 0.6 is 0 Å². The smallest absolute Gasteiger partial charge is 0.306 e. The largest absolute Gasteiger partial charge is 0.462 e. The molecule has 0 saturated heterocycles. The molecule has 0 spiro atoms. The Bertz CT molecular complexity index is 1280. The second-order valence-corrected chi connectivity index (χ2v) is 16.7. The average Bonchev–Trinajstić information content (AvgIpc) is 3.28. The highest BCUT2D eigenvalue weighted by Gasteiger charge is 2.19. The van der Waals surface area contributed by atoms with Crippen LogP contribution in [0.25, 0.3) is 0 Å². The van der Waals surface area contributed by atoms with Crippen molar-refractivity contribution in [1.82, 2.24) is 0 Å². The minimum Gasteiger partial charge on any atom is -0.462 e. The van der Waals surface area contributed by atoms with Crippen molar-refractivity contribution in [2.45, 2.75) is 232 Å². The lowest BCUT2D eigenvalue weighted by molar-refractivity contribution is -0.166. The highest BCUT2D eigenvalue weighted by atomic mass is 16.6. The number of ether oxygens (including phenoxy) is 3. The van der Waals surface area contributed by atoms with Crippen LogP contribution in [-0.4, -0.2) is 37.2 Å². The van der Waals surface area contributed by atoms with Gasteiger partial charge in [0.2, 0.25) is 0 Å². The van der Waals surface area contributed by atoms with E-state index >= 15 is 0 Å². The van der Waals surface area contributed by atoms with E-state index in [1.165, 1.54) is 89.9 Å². The SMILES string of the molecule is CC/C=C\C/C=C\C/C=C\C/C=C\C/C=C\C/C=C\CCC(=O)OCC(COC(=O)CCCCCCCCCCCCC)OC(=O)CCCCCCCC/C=C\C=C/CCCCC. The third-order valence-electron chi connectivity index (χ3n) is 10.6. The van der Waals surface area contributed by atoms with E-state index < -0.39 is 6.10 Å². The average molecular weight is 875 g/mol. The molecule has 0 amide bonds. The molecule has 63 heavy (non-hydrogen) atoms. The lowest BCUT2D eigenvalue weighted by Gasteiger charge is -2.18. The van der Waals surface area contributed by atoms with Crippen LogP contribution in [0.3, 0.4) is 0 Å². The molecule has 0 fully saturated rings. The number of hydrogen-bond acceptors (Lipinski definition) is 6. The first-order chi connectivity index (χ1) is 31.0. The second-order valence-electron chi connectivity index (χ2n) is 16.7. The van der Waals surface area contributed by atoms with E-state index in [0.717, 1.165) is 89.9 Å². The van der Waals surface area contributed by atoms with Gasteiger partial charge in [-0.15, -0.1) is 0 Å². The fraction of sp³-hybridized carbons (Fsp3) is 0.667. The Kier molecular flexibility index (Phi) is 48.0. The Morgan fingerprint density at radius 3 is 1.16 bits per heavy atom. The summed E-state index contributed by atoms with van der Waals surface area (Å²) in [4.78, 5) is 37.9. The van der Waals surface area contributed by atoms with Gasteiger partial charge in [-0.25, -0.2) is 0 Å². The maximum absolute atomic E-state index is 12.8. The van der Waals surface area contributed by atoms with Crippen LogP contribution in [0.1, 0.15) is 226 Å². The van der Waals surface area contributed by atoms with Gasteiger partial charge in [-0.2, -0.15) is 0 Å². The molecular weight excluding hydrogens is 781 g/mol. The standard InChI is InChI=1S/C57H94O6/c1-4-7-10-13-16-19-22-24-26-27-28-29-31-32-35-38-41-44-47-50-56(59)62-53-54(52-61-55(58)49-46-43-40-37-34-21-18-15-12-9-6-3)63-57(60)51-48-45-42-39-36-33-30-25-23-20-17-14-11-8-5-2/h7,10,16-17,19-20,23-26,28-29,32,35,41,44,54H,4-6,8-9,11-15,18,21-22,27,30-31,33-34,36-40,42-43,45-53H2,1-3H3/b10-7-,19-16-,20-17-,25-23-,26-24-,29-28-,35-32-,44-41-. The summed E-state index contributed by atoms with van der Waals surface area (Å²) >= 11 is 0. The van der Waals surface area contributed by atoms with E-state index in [2.05, 4.69) is 112 Å². The van der Waals surface area contributed by atoms with Gasteiger partial charge in [0.25, 0.3) is 0 Å². The quantitative estimate of drug-likeness (QED) is 0.0199. The van der Waals surface area contributed by atoms with Gasteiger partial charge < -0.3 is 14.2 Å². The number of unbranched alkanes of at least 4 members (excludes halogenated alkanes) is 19. The minimum absolute atomic E-state index is 0.105. The molecule has 6 nitrogen and oxygen atoms in total. The molecule has 1 atom stereocenters. The van der Waals surface area contributed by atoms with Crippen molar-refractivity contribution in [1.29, 1.82) is 0 Å². The molecule has 0 aromatic carbocycles. The molecule has 0 aromatic heterocycles. The van der Waals surface area contributed by atoms with E-state index in [1.807, 2.05) is 6.08 Å². The topological polar surface area (TPSA) is 78.9 Å². The summed E-state index contributed by atoms with van der Waals surface area (Å²) in [6, 6.07) is 0. The summed E-state index contributed by atoms with van der Waals surface area (Å²) in [5.74, 6) is -1.01. The zero-order chi connectivity index (χ0) is 45.8. The van der Waals surface area contributed by atoms with Crippen LogP contribution in [-0.2, 0) is 28.6 Å². The molecule has 0 aliphatic rings. The summed E-state index contributed by atoms with van der Waals surface area (Å²) in [6.45, 7) is 6.40. The Morgan fingerprint density at radius 1 is 0.349 bits per heavy atom. The summed E-state index contributed by atoms with van der Waals surface area (Å²) < 4.78 is 16.7. The number of carbonyl (C=O) groups excluding carboxylic acids is 3. The van der Waals surface area contributed by atoms with Crippen molar-refractivity contribution in [2.24, 2.45) is 0 Å². The van der Waals surface area contributed by atoms with Crippen molar-refractivity contribution in [3.8, 4) is 0 Å². The van der Waals surface area contributed by atoms with E-state index in [4.69, 9.17) is 14.2 Å². The molecule has 0 heterocycles. The lowest BCUT2D eigenvalue weighted by Crippen LogP contribution is -2.30. The third-order valence-corrected chi connectivity index (χ3v) is 10.6. The van der Waals surface area contributed by atoms with Crippen molar-refractivity contribution in [3.63, 3.8) is 0 Å². The van der Waals surface area contributed by atoms with Crippen molar-refractivity contribution in [2.75, 3.05) is 13.2 Å². The summed E-state index contributed by atoms with van der Waals surface area (Å²) in [6.07, 6.45) is 66.8. The third kappa shape index (κ3) is 49.2. The molecule has 0 N–H and O–H groups in total. The van der Waals surface area contributed by atoms with Crippen LogP contribution in [0, 0.1) is 0 Å². The van der Waals surface area contributed by atoms with Gasteiger partial charge in [0.15, 0.2) is 6.10 Å². The van der Waals surface area contributed by atoms with Gasteiger partial charge in [0, 0.05) is 19.3 Å². The molecule has 0 saturated carbocycles. The molecule has 358 valence electrons. The number of carbonyl (C=O) groups is 3. The molecule has 0 aromatic rings. The molecule has 0 bridgehead atoms. The lowest BCUT2D eigenvalue weighted by atomic mass is 10.1. The minimum atomic E-state index is -0.812. The van der Waals surface area contributed by atoms with Crippen molar-refractivity contribution >= 4 is 17.9 Å². The van der Waals surface area contributed by atoms with Crippen molar-refractivity contribution < 1.29 is 28.6 Å². The Hall–Kier alpha value is -3.67. The Labute approximate surface area is 387 Å². The predicted molar refractivity (Wildman–Crippen MR) is 270 cm³/mol. The maximum Gasteiger partial charge on any atom is 0.306 e. The molecule has 0 aliphatic heterocycles. The van der Waals surface area contributed by atoms with E-state index in [0.29, 0.717) is 19.3 Å². The molecule has 0 aliphatic carbocycles. The highest BCUT2D eigenvalue weighted by Crippen LogP contribution is 2.14. The normalized spacial score (nSPS) is 12.9. The predicted octanol–water partition coefficient (Wildman–Crippen LogP) is 17.0. The highest BCUT2D eigenvalue weighted by molar-refractivity contribution is 5.71. The van der Waals surface area contributed by atoms with E-state index in [9.17, 15) is 14.4 Å². The molecule has 1 unspecified atom stereocenters. The molecule has 6 heteroatoms. The van der Waals surface area contributed by atoms with Crippen LogP contribution < -0.4 is 0 Å². The van der Waals surface area contributed by atoms with E-state index in [-0.39, 0.29) is 37.5 Å². The van der Waals surface area contributed by atoms with Gasteiger partial charge in [0.1, 0.15) is 13.2 Å². The van der Waals surface area contributed by atoms with Crippen LogP contribution in [0.5, 0.6) is 0 Å². The first kappa shape index (κ1) is 59.3. The van der Waals surface area contributed by atoms with Crippen LogP contribution in [0.4, 0.5) is 0 Å². The van der Waals surface area contributed by atoms with Crippen LogP contribution in [0.15, 0.2) is 97.2 Å². The number of allylic oxidation sites excluding steroid dienone is 16. The zero-order valence-electron chi connectivity index (χ0n) is 40.8. The number of rotatable bonds is 45. The number of esters is 3. The van der Waals surface area contributed by atoms with Gasteiger partial charge in [-0.05, 0) is 83.5 Å². The first-order valence-corrected chi connectivity index (χ1v) is 25.8. The molecule has 0 rings (SSSR count). The monoisotopic (exact) mass is 875 g/mol. The fourth-order valence-electron chi connectivity index (χ4n) is 6.75. The van der Waals surface area contributed by atoms with Gasteiger partial charge in [-0.1, -0.05) is 221 Å². The van der Waals surface area contributed by atoms with Gasteiger partial charge in [0.05, 0.1) is 0 Å². The summed E-state index contributed by atoms with van der Waals surface area (Å²) in [5, 5.41) is 0. The fourth-order valence-corrected chi connectivity index (χ4v) is 6.75.